The van der Waals surface area contributed by atoms with Crippen LogP contribution in [0.25, 0.3) is 11.1 Å². The number of hydrogen-bond donors (Lipinski definition) is 4. The number of rotatable bonds is 8. The van der Waals surface area contributed by atoms with Crippen LogP contribution >= 0.6 is 11.6 Å². The van der Waals surface area contributed by atoms with E-state index < -0.39 is 17.6 Å². The molecular formula is C24H30ClFN6O3. The highest BCUT2D eigenvalue weighted by Gasteiger charge is 2.32. The molecule has 5 N–H and O–H groups in total. The van der Waals surface area contributed by atoms with Gasteiger partial charge in [-0.1, -0.05) is 11.6 Å². The Morgan fingerprint density at radius 2 is 2.14 bits per heavy atom. The zero-order valence-corrected chi connectivity index (χ0v) is 20.6. The molecule has 1 aliphatic rings. The largest absolute Gasteiger partial charge is 0.507 e. The molecule has 0 bridgehead atoms. The Labute approximate surface area is 208 Å². The molecule has 9 nitrogen and oxygen atoms in total. The van der Waals surface area contributed by atoms with E-state index in [2.05, 4.69) is 20.3 Å². The molecule has 1 aromatic carbocycles. The Balaban J connectivity index is 1.57. The lowest BCUT2D eigenvalue weighted by Crippen LogP contribution is -2.51. The Hall–Kier alpha value is -2.92. The number of aliphatic hydroxyl groups excluding tert-OH is 1. The van der Waals surface area contributed by atoms with E-state index in [1.807, 2.05) is 24.9 Å². The number of aromatic nitrogens is 3. The van der Waals surface area contributed by atoms with Gasteiger partial charge in [-0.25, -0.2) is 9.37 Å². The van der Waals surface area contributed by atoms with Crippen molar-refractivity contribution in [1.82, 2.24) is 25.0 Å². The van der Waals surface area contributed by atoms with Crippen molar-refractivity contribution in [2.45, 2.75) is 38.1 Å². The van der Waals surface area contributed by atoms with Gasteiger partial charge < -0.3 is 20.7 Å². The molecule has 0 amide bonds. The van der Waals surface area contributed by atoms with Crippen molar-refractivity contribution in [3.8, 4) is 22.6 Å². The Bertz CT molecular complexity index is 1210. The number of benzene rings is 1. The first-order chi connectivity index (χ1) is 16.6. The number of aromatic hydroxyl groups is 1. The summed E-state index contributed by atoms with van der Waals surface area (Å²) < 4.78 is 21.7. The summed E-state index contributed by atoms with van der Waals surface area (Å²) in [5.41, 5.74) is 7.18. The molecule has 3 atom stereocenters. The van der Waals surface area contributed by atoms with Gasteiger partial charge in [-0.05, 0) is 45.5 Å². The second-order valence-corrected chi connectivity index (χ2v) is 9.41. The van der Waals surface area contributed by atoms with Crippen LogP contribution in [-0.4, -0.2) is 62.7 Å². The van der Waals surface area contributed by atoms with E-state index in [1.165, 1.54) is 6.07 Å². The molecule has 2 aromatic heterocycles. The predicted octanol–water partition coefficient (Wildman–Crippen LogP) is 3.12. The normalized spacial score (nSPS) is 19.0. The summed E-state index contributed by atoms with van der Waals surface area (Å²) in [6.07, 6.45) is 4.93. The average molecular weight is 505 g/mol. The quantitative estimate of drug-likeness (QED) is 0.369. The number of halogens is 2. The molecule has 3 heterocycles. The van der Waals surface area contributed by atoms with Crippen molar-refractivity contribution in [2.75, 3.05) is 32.4 Å². The van der Waals surface area contributed by atoms with Gasteiger partial charge >= 0.3 is 0 Å². The van der Waals surface area contributed by atoms with Crippen molar-refractivity contribution in [2.24, 2.45) is 0 Å². The molecule has 0 saturated carbocycles. The first-order valence-electron chi connectivity index (χ1n) is 11.3. The fraction of sp³-hybridized carbons (Fsp3) is 0.417. The van der Waals surface area contributed by atoms with Crippen molar-refractivity contribution in [1.29, 1.82) is 0 Å². The van der Waals surface area contributed by atoms with Gasteiger partial charge in [-0.3, -0.25) is 14.9 Å². The van der Waals surface area contributed by atoms with E-state index in [1.54, 1.807) is 25.4 Å². The van der Waals surface area contributed by atoms with Gasteiger partial charge in [0.25, 0.3) is 0 Å². The van der Waals surface area contributed by atoms with Gasteiger partial charge in [0, 0.05) is 43.2 Å². The zero-order valence-electron chi connectivity index (χ0n) is 19.9. The smallest absolute Gasteiger partial charge is 0.166 e. The van der Waals surface area contributed by atoms with Gasteiger partial charge in [0.05, 0.1) is 22.9 Å². The monoisotopic (exact) mass is 504 g/mol. The molecule has 188 valence electrons. The van der Waals surface area contributed by atoms with Gasteiger partial charge in [-0.15, -0.1) is 0 Å². The lowest BCUT2D eigenvalue weighted by molar-refractivity contribution is 0.127. The lowest BCUT2D eigenvalue weighted by atomic mass is 10.1. The number of nitrogen functional groups attached to an aromatic ring is 1. The van der Waals surface area contributed by atoms with Gasteiger partial charge in [-0.2, -0.15) is 5.10 Å². The molecule has 0 spiro atoms. The van der Waals surface area contributed by atoms with Crippen LogP contribution in [0.1, 0.15) is 31.9 Å². The summed E-state index contributed by atoms with van der Waals surface area (Å²) in [4.78, 5) is 6.44. The maximum atomic E-state index is 13.9. The van der Waals surface area contributed by atoms with Crippen LogP contribution in [-0.2, 0) is 5.66 Å². The zero-order chi connectivity index (χ0) is 25.3. The Morgan fingerprint density at radius 1 is 1.37 bits per heavy atom. The number of nitrogens with two attached hydrogens (primary N) is 1. The van der Waals surface area contributed by atoms with Crippen LogP contribution in [0.5, 0.6) is 11.5 Å². The van der Waals surface area contributed by atoms with Gasteiger partial charge in [0.2, 0.25) is 0 Å². The maximum absolute atomic E-state index is 13.9. The van der Waals surface area contributed by atoms with Gasteiger partial charge in [0.1, 0.15) is 23.3 Å². The van der Waals surface area contributed by atoms with Crippen LogP contribution < -0.4 is 15.8 Å². The van der Waals surface area contributed by atoms with Crippen LogP contribution in [0.15, 0.2) is 36.8 Å². The third-order valence-corrected chi connectivity index (χ3v) is 6.82. The number of hydrogen-bond acceptors (Lipinski definition) is 8. The number of β-amino-alcohol motifs (C(OH)–C–C–N with tert-alkyl or cyclic N) is 1. The fourth-order valence-electron chi connectivity index (χ4n) is 4.30. The predicted molar refractivity (Wildman–Crippen MR) is 132 cm³/mol. The number of aliphatic hydroxyl groups is 1. The number of phenols is 1. The summed E-state index contributed by atoms with van der Waals surface area (Å²) in [6.45, 7) is 5.82. The highest BCUT2D eigenvalue weighted by atomic mass is 35.5. The van der Waals surface area contributed by atoms with Gasteiger partial charge in [0.15, 0.2) is 11.6 Å². The van der Waals surface area contributed by atoms with Crippen LogP contribution in [0.2, 0.25) is 5.02 Å². The fourth-order valence-corrected chi connectivity index (χ4v) is 4.61. The SMILES string of the molecule is CNC(C)(CN1CCC(O)C1)n1cc(-c2cnc(N)c(OC(C)c3c(O)ccc(F)c3Cl)c2)cn1. The van der Waals surface area contributed by atoms with Crippen molar-refractivity contribution >= 4 is 17.4 Å². The van der Waals surface area contributed by atoms with Crippen LogP contribution in [0.4, 0.5) is 10.2 Å². The van der Waals surface area contributed by atoms with E-state index in [-0.39, 0.29) is 34.0 Å². The minimum absolute atomic E-state index is 0.126. The molecule has 3 unspecified atom stereocenters. The van der Waals surface area contributed by atoms with E-state index in [0.717, 1.165) is 30.2 Å². The Morgan fingerprint density at radius 3 is 2.83 bits per heavy atom. The van der Waals surface area contributed by atoms with Crippen LogP contribution in [0, 0.1) is 5.82 Å². The highest BCUT2D eigenvalue weighted by Crippen LogP contribution is 2.37. The van der Waals surface area contributed by atoms with Crippen molar-refractivity contribution in [3.05, 3.63) is 53.2 Å². The summed E-state index contributed by atoms with van der Waals surface area (Å²) in [5.74, 6) is -0.416. The third-order valence-electron chi connectivity index (χ3n) is 6.44. The highest BCUT2D eigenvalue weighted by molar-refractivity contribution is 6.31. The van der Waals surface area contributed by atoms with E-state index in [0.29, 0.717) is 13.1 Å². The summed E-state index contributed by atoms with van der Waals surface area (Å²) >= 11 is 6.06. The molecule has 3 aromatic rings. The van der Waals surface area contributed by atoms with E-state index in [4.69, 9.17) is 22.1 Å². The maximum Gasteiger partial charge on any atom is 0.166 e. The number of likely N-dealkylation sites (tertiary alicyclic amines) is 1. The second-order valence-electron chi connectivity index (χ2n) is 9.04. The standard InChI is InChI=1S/C24H30ClFN6O3/c1-14(21-19(34)5-4-18(26)22(21)25)35-20-8-15(9-29-23(20)27)16-10-30-32(11-16)24(2,28-3)13-31-7-6-17(33)12-31/h4-5,8-11,14,17,28,33-34H,6-7,12-13H2,1-3H3,(H2,27,29). The minimum Gasteiger partial charge on any atom is -0.507 e. The average Bonchev–Trinajstić information content (AvgIpc) is 3.47. The topological polar surface area (TPSA) is 122 Å². The number of ether oxygens (including phenoxy) is 1. The molecule has 1 aliphatic heterocycles. The first-order valence-corrected chi connectivity index (χ1v) is 11.7. The molecule has 0 radical (unpaired) electrons. The number of anilines is 1. The summed E-state index contributed by atoms with van der Waals surface area (Å²) in [6, 6.07) is 4.04. The number of phenolic OH excluding ortho intramolecular Hbond substituents is 1. The lowest BCUT2D eigenvalue weighted by Gasteiger charge is -2.34. The van der Waals surface area contributed by atoms with Crippen molar-refractivity contribution < 1.29 is 19.3 Å². The number of nitrogens with one attached hydrogen (secondary N) is 1. The van der Waals surface area contributed by atoms with E-state index >= 15 is 0 Å². The number of likely N-dealkylation sites (N-methyl/N-ethyl adjacent to an activating group) is 1. The minimum atomic E-state index is -0.788. The molecule has 35 heavy (non-hydrogen) atoms. The molecule has 1 saturated heterocycles. The molecular weight excluding hydrogens is 475 g/mol. The number of nitrogens with zero attached hydrogens (tertiary/aromatic N) is 4. The molecule has 0 aliphatic carbocycles. The van der Waals surface area contributed by atoms with Crippen LogP contribution in [0.3, 0.4) is 0 Å². The molecule has 1 fully saturated rings. The summed E-state index contributed by atoms with van der Waals surface area (Å²) in [5, 5.41) is 27.7. The second kappa shape index (κ2) is 9.98. The molecule has 11 heteroatoms. The first kappa shape index (κ1) is 25.2. The third kappa shape index (κ3) is 5.20. The van der Waals surface area contributed by atoms with E-state index in [9.17, 15) is 14.6 Å². The molecule has 4 rings (SSSR count). The van der Waals surface area contributed by atoms with Crippen molar-refractivity contribution in [3.63, 3.8) is 0 Å². The number of pyridine rings is 1. The Kier molecular flexibility index (Phi) is 7.18. The summed E-state index contributed by atoms with van der Waals surface area (Å²) in [7, 11) is 1.87.